The highest BCUT2D eigenvalue weighted by atomic mass is 35.5. The molecule has 6 nitrogen and oxygen atoms in total. The van der Waals surface area contributed by atoms with E-state index in [0.717, 1.165) is 5.56 Å². The van der Waals surface area contributed by atoms with Crippen molar-refractivity contribution in [3.8, 4) is 0 Å². The number of amides is 1. The number of sulfonamides is 1. The van der Waals surface area contributed by atoms with E-state index in [1.54, 1.807) is 19.2 Å². The smallest absolute Gasteiger partial charge is 0.266 e. The lowest BCUT2D eigenvalue weighted by atomic mass is 10.1. The summed E-state index contributed by atoms with van der Waals surface area (Å²) < 4.78 is 25.5. The van der Waals surface area contributed by atoms with E-state index in [9.17, 15) is 13.2 Å². The summed E-state index contributed by atoms with van der Waals surface area (Å²) in [5.41, 5.74) is 1.10. The van der Waals surface area contributed by atoms with Gasteiger partial charge in [0, 0.05) is 31.2 Å². The number of halogens is 2. The van der Waals surface area contributed by atoms with Gasteiger partial charge < -0.3 is 4.90 Å². The Morgan fingerprint density at radius 3 is 2.27 bits per heavy atom. The van der Waals surface area contributed by atoms with Crippen LogP contribution in [0.1, 0.15) is 15.9 Å². The van der Waals surface area contributed by atoms with E-state index < -0.39 is 10.0 Å². The van der Waals surface area contributed by atoms with Gasteiger partial charge in [-0.05, 0) is 35.9 Å². The highest BCUT2D eigenvalue weighted by molar-refractivity contribution is 7.89. The van der Waals surface area contributed by atoms with Crippen molar-refractivity contribution in [3.05, 3.63) is 63.6 Å². The van der Waals surface area contributed by atoms with Crippen molar-refractivity contribution in [2.75, 3.05) is 21.2 Å². The van der Waals surface area contributed by atoms with Gasteiger partial charge in [-0.1, -0.05) is 39.8 Å². The van der Waals surface area contributed by atoms with E-state index >= 15 is 0 Å². The lowest BCUT2D eigenvalue weighted by molar-refractivity contribution is -0.0258. The molecule has 2 aromatic rings. The molecule has 0 saturated carbocycles. The molecule has 1 amide bonds. The number of carbonyl (C=O) groups excluding carboxylic acids is 1. The van der Waals surface area contributed by atoms with Gasteiger partial charge in [0.25, 0.3) is 15.9 Å². The van der Waals surface area contributed by atoms with E-state index in [2.05, 4.69) is 0 Å². The van der Waals surface area contributed by atoms with Gasteiger partial charge in [0.05, 0.1) is 12.1 Å². The van der Waals surface area contributed by atoms with Crippen LogP contribution < -0.4 is 0 Å². The summed E-state index contributed by atoms with van der Waals surface area (Å²) in [6, 6.07) is 11.2. The molecule has 26 heavy (non-hydrogen) atoms. The van der Waals surface area contributed by atoms with Crippen molar-refractivity contribution in [2.45, 2.75) is 11.4 Å². The monoisotopic (exact) mass is 416 g/mol. The van der Waals surface area contributed by atoms with Gasteiger partial charge in [-0.3, -0.25) is 9.63 Å². The highest BCUT2D eigenvalue weighted by Crippen LogP contribution is 2.26. The predicted molar refractivity (Wildman–Crippen MR) is 101 cm³/mol. The molecule has 2 aromatic carbocycles. The van der Waals surface area contributed by atoms with E-state index in [4.69, 9.17) is 28.0 Å². The number of rotatable bonds is 6. The molecule has 0 spiro atoms. The first-order valence-corrected chi connectivity index (χ1v) is 9.69. The molecule has 140 valence electrons. The van der Waals surface area contributed by atoms with Crippen molar-refractivity contribution in [1.29, 1.82) is 0 Å². The fraction of sp³-hybridized carbons (Fsp3) is 0.235. The molecule has 0 N–H and O–H groups in total. The minimum atomic E-state index is -3.97. The Morgan fingerprint density at radius 1 is 1.08 bits per heavy atom. The summed E-state index contributed by atoms with van der Waals surface area (Å²) >= 11 is 11.9. The first kappa shape index (κ1) is 20.7. The molecular weight excluding hydrogens is 399 g/mol. The Balaban J connectivity index is 2.29. The number of hydrogen-bond acceptors (Lipinski definition) is 4. The van der Waals surface area contributed by atoms with Crippen LogP contribution in [0, 0.1) is 0 Å². The van der Waals surface area contributed by atoms with Crippen molar-refractivity contribution in [3.63, 3.8) is 0 Å². The normalized spacial score (nSPS) is 11.6. The average Bonchev–Trinajstić information content (AvgIpc) is 2.62. The molecule has 0 heterocycles. The number of carbonyl (C=O) groups is 1. The van der Waals surface area contributed by atoms with Crippen LogP contribution in [0.25, 0.3) is 0 Å². The summed E-state index contributed by atoms with van der Waals surface area (Å²) in [5.74, 6) is -0.340. The van der Waals surface area contributed by atoms with E-state index in [1.807, 2.05) is 12.1 Å². The maximum Gasteiger partial charge on any atom is 0.266 e. The van der Waals surface area contributed by atoms with Crippen LogP contribution in [0.15, 0.2) is 47.4 Å². The van der Waals surface area contributed by atoms with Gasteiger partial charge in [-0.15, -0.1) is 0 Å². The minimum absolute atomic E-state index is 0.00537. The Hall–Kier alpha value is -1.64. The van der Waals surface area contributed by atoms with Crippen LogP contribution in [0.4, 0.5) is 0 Å². The van der Waals surface area contributed by atoms with E-state index in [1.165, 1.54) is 37.3 Å². The average molecular weight is 417 g/mol. The molecule has 0 aliphatic carbocycles. The molecular formula is C17H18Cl2N2O4S. The second-order valence-electron chi connectivity index (χ2n) is 5.53. The fourth-order valence-corrected chi connectivity index (χ4v) is 3.83. The molecule has 0 saturated heterocycles. The quantitative estimate of drug-likeness (QED) is 0.676. The molecule has 0 bridgehead atoms. The Morgan fingerprint density at radius 2 is 1.69 bits per heavy atom. The number of hydroxylamine groups is 1. The van der Waals surface area contributed by atoms with Gasteiger partial charge >= 0.3 is 0 Å². The third-order valence-electron chi connectivity index (χ3n) is 3.73. The van der Waals surface area contributed by atoms with Crippen molar-refractivity contribution in [1.82, 2.24) is 9.37 Å². The maximum atomic E-state index is 12.7. The zero-order valence-electron chi connectivity index (χ0n) is 14.4. The number of benzene rings is 2. The molecule has 0 unspecified atom stereocenters. The number of nitrogens with zero attached hydrogens (tertiary/aromatic N) is 2. The third-order valence-corrected chi connectivity index (χ3v) is 6.14. The lowest BCUT2D eigenvalue weighted by Crippen LogP contribution is -2.28. The fourth-order valence-electron chi connectivity index (χ4n) is 2.23. The molecule has 0 atom stereocenters. The summed E-state index contributed by atoms with van der Waals surface area (Å²) in [4.78, 5) is 18.7. The van der Waals surface area contributed by atoms with Crippen molar-refractivity contribution >= 4 is 39.1 Å². The summed E-state index contributed by atoms with van der Waals surface area (Å²) in [6.45, 7) is 0.346. The predicted octanol–water partition coefficient (Wildman–Crippen LogP) is 3.45. The number of hydrogen-bond donors (Lipinski definition) is 0. The van der Waals surface area contributed by atoms with Crippen molar-refractivity contribution < 1.29 is 18.0 Å². The molecule has 2 rings (SSSR count). The minimum Gasteiger partial charge on any atom is -0.337 e. The standard InChI is InChI=1S/C17H18Cl2N2O4S/c1-20(11-12-4-7-14(18)8-5-12)17(22)13-6-9-15(19)16(10-13)26(23,24)21(2)25-3/h4-10H,11H2,1-3H3. The topological polar surface area (TPSA) is 66.9 Å². The largest absolute Gasteiger partial charge is 0.337 e. The highest BCUT2D eigenvalue weighted by Gasteiger charge is 2.25. The maximum absolute atomic E-state index is 12.7. The molecule has 0 aliphatic heterocycles. The van der Waals surface area contributed by atoms with Gasteiger partial charge in [0.1, 0.15) is 4.90 Å². The zero-order valence-corrected chi connectivity index (χ0v) is 16.8. The molecule has 9 heteroatoms. The van der Waals surface area contributed by atoms with Crippen LogP contribution in [0.3, 0.4) is 0 Å². The van der Waals surface area contributed by atoms with Gasteiger partial charge in [0.2, 0.25) is 0 Å². The lowest BCUT2D eigenvalue weighted by Gasteiger charge is -2.19. The molecule has 0 aliphatic rings. The molecule has 0 fully saturated rings. The van der Waals surface area contributed by atoms with E-state index in [0.29, 0.717) is 16.0 Å². The van der Waals surface area contributed by atoms with Gasteiger partial charge in [-0.2, -0.15) is 0 Å². The summed E-state index contributed by atoms with van der Waals surface area (Å²) in [7, 11) is 0.120. The van der Waals surface area contributed by atoms with Crippen LogP contribution >= 0.6 is 23.2 Å². The Bertz CT molecular complexity index is 901. The zero-order chi connectivity index (χ0) is 19.5. The van der Waals surface area contributed by atoms with Crippen molar-refractivity contribution in [2.24, 2.45) is 0 Å². The second-order valence-corrected chi connectivity index (χ2v) is 8.28. The summed E-state index contributed by atoms with van der Waals surface area (Å²) in [5, 5.41) is 0.614. The van der Waals surface area contributed by atoms with Gasteiger partial charge in [-0.25, -0.2) is 8.42 Å². The van der Waals surface area contributed by atoms with Crippen LogP contribution in [-0.4, -0.2) is 44.9 Å². The third kappa shape index (κ3) is 4.55. The summed E-state index contributed by atoms with van der Waals surface area (Å²) in [6.07, 6.45) is 0. The van der Waals surface area contributed by atoms with E-state index in [-0.39, 0.29) is 21.4 Å². The molecule has 0 radical (unpaired) electrons. The van der Waals surface area contributed by atoms with Crippen LogP contribution in [-0.2, 0) is 21.4 Å². The SMILES string of the molecule is CON(C)S(=O)(=O)c1cc(C(=O)N(C)Cc2ccc(Cl)cc2)ccc1Cl. The van der Waals surface area contributed by atoms with Gasteiger partial charge in [0.15, 0.2) is 0 Å². The first-order valence-electron chi connectivity index (χ1n) is 7.49. The Kier molecular flexibility index (Phi) is 6.65. The second kappa shape index (κ2) is 8.37. The van der Waals surface area contributed by atoms with Crippen LogP contribution in [0.5, 0.6) is 0 Å². The molecule has 0 aromatic heterocycles. The Labute approximate surface area is 162 Å². The van der Waals surface area contributed by atoms with Crippen LogP contribution in [0.2, 0.25) is 10.0 Å². The first-order chi connectivity index (χ1) is 12.2.